The number of aryl methyl sites for hydroxylation is 2. The molecule has 0 radical (unpaired) electrons. The van der Waals surface area contributed by atoms with Crippen LogP contribution in [0.15, 0.2) is 41.6 Å². The van der Waals surface area contributed by atoms with Gasteiger partial charge in [0.2, 0.25) is 15.9 Å². The van der Waals surface area contributed by atoms with Gasteiger partial charge in [-0.1, -0.05) is 26.0 Å². The molecule has 0 spiro atoms. The van der Waals surface area contributed by atoms with Crippen molar-refractivity contribution < 1.29 is 22.0 Å². The van der Waals surface area contributed by atoms with Crippen LogP contribution in [0.5, 0.6) is 0 Å². The molecule has 2 aromatic carbocycles. The Bertz CT molecular complexity index is 1260. The third-order valence-electron chi connectivity index (χ3n) is 5.17. The molecule has 1 atom stereocenters. The molecule has 1 heterocycles. The fourth-order valence-corrected chi connectivity index (χ4v) is 4.90. The number of carbonyl (C=O) groups is 1. The van der Waals surface area contributed by atoms with E-state index in [1.54, 1.807) is 19.1 Å². The maximum Gasteiger partial charge on any atom is 0.243 e. The molecule has 1 aromatic heterocycles. The first-order valence-corrected chi connectivity index (χ1v) is 11.7. The van der Waals surface area contributed by atoms with Crippen LogP contribution < -0.4 is 10.0 Å². The van der Waals surface area contributed by atoms with Crippen molar-refractivity contribution in [1.82, 2.24) is 19.6 Å². The van der Waals surface area contributed by atoms with Gasteiger partial charge in [0.05, 0.1) is 22.3 Å². The monoisotopic (exact) mass is 464 g/mol. The zero-order valence-electron chi connectivity index (χ0n) is 18.3. The first-order valence-electron chi connectivity index (χ1n) is 10.2. The quantitative estimate of drug-likeness (QED) is 0.501. The van der Waals surface area contributed by atoms with Gasteiger partial charge >= 0.3 is 0 Å². The Kier molecular flexibility index (Phi) is 6.94. The lowest BCUT2D eigenvalue weighted by atomic mass is 10.0. The van der Waals surface area contributed by atoms with Crippen LogP contribution in [0.1, 0.15) is 31.0 Å². The molecular formula is C22H26F2N4O3S. The van der Waals surface area contributed by atoms with Gasteiger partial charge < -0.3 is 9.88 Å². The van der Waals surface area contributed by atoms with E-state index in [1.807, 2.05) is 26.8 Å². The van der Waals surface area contributed by atoms with Crippen molar-refractivity contribution in [3.63, 3.8) is 0 Å². The molecule has 10 heteroatoms. The van der Waals surface area contributed by atoms with Crippen molar-refractivity contribution in [3.8, 4) is 0 Å². The van der Waals surface area contributed by atoms with Crippen molar-refractivity contribution in [2.75, 3.05) is 13.1 Å². The van der Waals surface area contributed by atoms with Crippen molar-refractivity contribution in [2.24, 2.45) is 5.92 Å². The molecule has 0 saturated carbocycles. The summed E-state index contributed by atoms with van der Waals surface area (Å²) < 4.78 is 56.4. The second-order valence-electron chi connectivity index (χ2n) is 8.05. The molecule has 3 rings (SSSR count). The fraction of sp³-hybridized carbons (Fsp3) is 0.364. The number of hydrogen-bond donors (Lipinski definition) is 2. The highest BCUT2D eigenvalue weighted by Gasteiger charge is 2.26. The topological polar surface area (TPSA) is 93.1 Å². The van der Waals surface area contributed by atoms with Gasteiger partial charge in [-0.15, -0.1) is 0 Å². The number of nitrogens with one attached hydrogen (secondary N) is 2. The minimum atomic E-state index is -3.72. The highest BCUT2D eigenvalue weighted by molar-refractivity contribution is 7.89. The second-order valence-corrected chi connectivity index (χ2v) is 9.79. The van der Waals surface area contributed by atoms with Crippen LogP contribution in [0.4, 0.5) is 8.78 Å². The summed E-state index contributed by atoms with van der Waals surface area (Å²) in [7, 11) is -3.72. The maximum atomic E-state index is 13.7. The summed E-state index contributed by atoms with van der Waals surface area (Å²) in [6, 6.07) is 6.43. The van der Waals surface area contributed by atoms with Crippen LogP contribution in [-0.2, 0) is 14.8 Å². The predicted molar refractivity (Wildman–Crippen MR) is 118 cm³/mol. The maximum absolute atomic E-state index is 13.7. The van der Waals surface area contributed by atoms with E-state index in [0.717, 1.165) is 17.7 Å². The lowest BCUT2D eigenvalue weighted by molar-refractivity contribution is -0.125. The number of amides is 1. The molecule has 0 aliphatic rings. The summed E-state index contributed by atoms with van der Waals surface area (Å²) in [5.74, 6) is -2.60. The van der Waals surface area contributed by atoms with E-state index in [-0.39, 0.29) is 35.3 Å². The fourth-order valence-electron chi connectivity index (χ4n) is 3.54. The van der Waals surface area contributed by atoms with E-state index < -0.39 is 27.7 Å². The van der Waals surface area contributed by atoms with E-state index in [1.165, 1.54) is 10.9 Å². The number of aromatic nitrogens is 2. The number of sulfonamides is 1. The highest BCUT2D eigenvalue weighted by atomic mass is 32.2. The smallest absolute Gasteiger partial charge is 0.243 e. The number of rotatable bonds is 8. The van der Waals surface area contributed by atoms with Gasteiger partial charge in [0.1, 0.15) is 6.04 Å². The Balaban J connectivity index is 1.69. The number of imidazole rings is 1. The van der Waals surface area contributed by atoms with Crippen molar-refractivity contribution in [2.45, 2.75) is 38.6 Å². The number of halogens is 2. The van der Waals surface area contributed by atoms with Gasteiger partial charge in [0.25, 0.3) is 0 Å². The largest absolute Gasteiger partial charge is 0.353 e. The van der Waals surface area contributed by atoms with E-state index in [9.17, 15) is 22.0 Å². The Morgan fingerprint density at radius 2 is 1.78 bits per heavy atom. The summed E-state index contributed by atoms with van der Waals surface area (Å²) in [6.07, 6.45) is 1.37. The molecule has 0 fully saturated rings. The number of carbonyl (C=O) groups excluding carboxylic acids is 1. The average Bonchev–Trinajstić information content (AvgIpc) is 3.09. The molecule has 7 nitrogen and oxygen atoms in total. The van der Waals surface area contributed by atoms with Crippen LogP contribution in [0.25, 0.3) is 11.0 Å². The third-order valence-corrected chi connectivity index (χ3v) is 6.77. The summed E-state index contributed by atoms with van der Waals surface area (Å²) in [5.41, 5.74) is 1.99. The minimum Gasteiger partial charge on any atom is -0.353 e. The van der Waals surface area contributed by atoms with Gasteiger partial charge in [0, 0.05) is 25.2 Å². The van der Waals surface area contributed by atoms with Gasteiger partial charge in [-0.3, -0.25) is 4.79 Å². The molecule has 3 aromatic rings. The van der Waals surface area contributed by atoms with Crippen LogP contribution in [0, 0.1) is 31.4 Å². The molecule has 2 N–H and O–H groups in total. The summed E-state index contributed by atoms with van der Waals surface area (Å²) in [4.78, 5) is 17.1. The normalized spacial score (nSPS) is 13.0. The second kappa shape index (κ2) is 9.33. The zero-order valence-corrected chi connectivity index (χ0v) is 19.1. The number of hydrogen-bond acceptors (Lipinski definition) is 4. The Morgan fingerprint density at radius 3 is 2.47 bits per heavy atom. The zero-order chi connectivity index (χ0) is 23.6. The first kappa shape index (κ1) is 23.8. The van der Waals surface area contributed by atoms with E-state index in [4.69, 9.17) is 0 Å². The SMILES string of the molecule is Cc1ccc(C)c(S(=O)(=O)NCCNC(=O)C(C(C)C)n2cnc3cc(F)c(F)cc32)c1. The lowest BCUT2D eigenvalue weighted by Gasteiger charge is -2.22. The Hall–Kier alpha value is -2.85. The molecule has 0 aliphatic carbocycles. The number of fused-ring (bicyclic) bond motifs is 1. The molecule has 0 aliphatic heterocycles. The summed E-state index contributed by atoms with van der Waals surface area (Å²) in [6.45, 7) is 7.22. The average molecular weight is 465 g/mol. The summed E-state index contributed by atoms with van der Waals surface area (Å²) in [5, 5.41) is 2.71. The van der Waals surface area contributed by atoms with E-state index in [0.29, 0.717) is 11.1 Å². The lowest BCUT2D eigenvalue weighted by Crippen LogP contribution is -2.39. The van der Waals surface area contributed by atoms with E-state index in [2.05, 4.69) is 15.0 Å². The molecule has 0 saturated heterocycles. The van der Waals surface area contributed by atoms with Crippen LogP contribution in [0.2, 0.25) is 0 Å². The molecular weight excluding hydrogens is 438 g/mol. The van der Waals surface area contributed by atoms with Gasteiger partial charge in [-0.2, -0.15) is 0 Å². The summed E-state index contributed by atoms with van der Waals surface area (Å²) >= 11 is 0. The molecule has 172 valence electrons. The number of benzene rings is 2. The third kappa shape index (κ3) is 4.97. The van der Waals surface area contributed by atoms with Crippen molar-refractivity contribution in [3.05, 3.63) is 59.4 Å². The molecule has 0 bridgehead atoms. The standard InChI is InChI=1S/C22H26F2N4O3S/c1-13(2)21(28-12-26-18-10-16(23)17(24)11-19(18)28)22(29)25-7-8-27-32(30,31)20-9-14(3)5-6-15(20)4/h5-6,9-13,21,27H,7-8H2,1-4H3,(H,25,29). The molecule has 1 unspecified atom stereocenters. The van der Waals surface area contributed by atoms with Crippen LogP contribution in [-0.4, -0.2) is 37.0 Å². The van der Waals surface area contributed by atoms with Gasteiger partial charge in [-0.25, -0.2) is 26.9 Å². The van der Waals surface area contributed by atoms with Gasteiger partial charge in [0.15, 0.2) is 11.6 Å². The number of nitrogens with zero attached hydrogens (tertiary/aromatic N) is 2. The van der Waals surface area contributed by atoms with Crippen LogP contribution >= 0.6 is 0 Å². The Morgan fingerprint density at radius 1 is 1.09 bits per heavy atom. The van der Waals surface area contributed by atoms with E-state index >= 15 is 0 Å². The Labute approximate surface area is 185 Å². The first-order chi connectivity index (χ1) is 15.0. The van der Waals surface area contributed by atoms with Crippen LogP contribution in [0.3, 0.4) is 0 Å². The minimum absolute atomic E-state index is 0.00319. The molecule has 1 amide bonds. The predicted octanol–water partition coefficient (Wildman–Crippen LogP) is 3.22. The van der Waals surface area contributed by atoms with Gasteiger partial charge in [-0.05, 0) is 37.0 Å². The molecule has 32 heavy (non-hydrogen) atoms. The highest BCUT2D eigenvalue weighted by Crippen LogP contribution is 2.25. The van der Waals surface area contributed by atoms with Crippen molar-refractivity contribution >= 4 is 27.0 Å². The van der Waals surface area contributed by atoms with Crippen molar-refractivity contribution in [1.29, 1.82) is 0 Å².